The van der Waals surface area contributed by atoms with Crippen molar-refractivity contribution in [3.8, 4) is 0 Å². The molecule has 1 aromatic rings. The van der Waals surface area contributed by atoms with Gasteiger partial charge in [-0.2, -0.15) is 13.2 Å². The standard InChI is InChI=1S/C14H21F3N4/c1-10(2)8-21(9-11-4-3-7-18-11)13-6-5-12(19-20-13)14(15,16)17/h5-6,10-11,18H,3-4,7-9H2,1-2H3. The first kappa shape index (κ1) is 16.0. The molecular formula is C14H21F3N4. The van der Waals surface area contributed by atoms with Crippen LogP contribution in [0.15, 0.2) is 12.1 Å². The Bertz CT molecular complexity index is 439. The number of halogens is 3. The molecule has 0 saturated carbocycles. The molecule has 4 nitrogen and oxygen atoms in total. The van der Waals surface area contributed by atoms with Crippen LogP contribution in [0.5, 0.6) is 0 Å². The molecule has 118 valence electrons. The van der Waals surface area contributed by atoms with Gasteiger partial charge in [-0.15, -0.1) is 10.2 Å². The minimum Gasteiger partial charge on any atom is -0.353 e. The van der Waals surface area contributed by atoms with Gasteiger partial charge in [0.1, 0.15) is 0 Å². The van der Waals surface area contributed by atoms with Crippen molar-refractivity contribution in [3.05, 3.63) is 17.8 Å². The Hall–Kier alpha value is -1.37. The van der Waals surface area contributed by atoms with E-state index in [0.29, 0.717) is 17.8 Å². The molecule has 1 aliphatic rings. The van der Waals surface area contributed by atoms with Gasteiger partial charge in [0.05, 0.1) is 0 Å². The van der Waals surface area contributed by atoms with Gasteiger partial charge in [0.2, 0.25) is 0 Å². The largest absolute Gasteiger partial charge is 0.435 e. The van der Waals surface area contributed by atoms with Crippen molar-refractivity contribution in [1.29, 1.82) is 0 Å². The third-order valence-corrected chi connectivity index (χ3v) is 3.45. The fraction of sp³-hybridized carbons (Fsp3) is 0.714. The molecule has 0 radical (unpaired) electrons. The molecule has 1 unspecified atom stereocenters. The number of rotatable bonds is 5. The normalized spacial score (nSPS) is 19.2. The lowest BCUT2D eigenvalue weighted by Crippen LogP contribution is -2.40. The molecule has 21 heavy (non-hydrogen) atoms. The smallest absolute Gasteiger partial charge is 0.353 e. The highest BCUT2D eigenvalue weighted by Gasteiger charge is 2.33. The van der Waals surface area contributed by atoms with Gasteiger partial charge in [-0.3, -0.25) is 0 Å². The van der Waals surface area contributed by atoms with Gasteiger partial charge in [-0.25, -0.2) is 0 Å². The zero-order valence-electron chi connectivity index (χ0n) is 12.3. The van der Waals surface area contributed by atoms with Crippen LogP contribution in [-0.4, -0.2) is 35.9 Å². The lowest BCUT2D eigenvalue weighted by molar-refractivity contribution is -0.141. The summed E-state index contributed by atoms with van der Waals surface area (Å²) in [6, 6.07) is 2.78. The molecule has 0 bridgehead atoms. The van der Waals surface area contributed by atoms with Crippen molar-refractivity contribution in [2.24, 2.45) is 5.92 Å². The van der Waals surface area contributed by atoms with Crippen LogP contribution in [-0.2, 0) is 6.18 Å². The Balaban J connectivity index is 2.11. The minimum absolute atomic E-state index is 0.368. The van der Waals surface area contributed by atoms with E-state index in [4.69, 9.17) is 0 Å². The third-order valence-electron chi connectivity index (χ3n) is 3.45. The number of alkyl halides is 3. The highest BCUT2D eigenvalue weighted by atomic mass is 19.4. The van der Waals surface area contributed by atoms with Crippen molar-refractivity contribution in [1.82, 2.24) is 15.5 Å². The Morgan fingerprint density at radius 2 is 2.10 bits per heavy atom. The zero-order valence-corrected chi connectivity index (χ0v) is 12.3. The number of aromatic nitrogens is 2. The summed E-state index contributed by atoms with van der Waals surface area (Å²) in [4.78, 5) is 2.01. The van der Waals surface area contributed by atoms with Gasteiger partial charge in [-0.05, 0) is 37.4 Å². The highest BCUT2D eigenvalue weighted by Crippen LogP contribution is 2.27. The quantitative estimate of drug-likeness (QED) is 0.908. The lowest BCUT2D eigenvalue weighted by Gasteiger charge is -2.28. The summed E-state index contributed by atoms with van der Waals surface area (Å²) in [5, 5.41) is 10.5. The molecule has 2 rings (SSSR count). The SMILES string of the molecule is CC(C)CN(CC1CCCN1)c1ccc(C(F)(F)F)nn1. The molecule has 0 aliphatic carbocycles. The Morgan fingerprint density at radius 1 is 1.33 bits per heavy atom. The molecule has 1 N–H and O–H groups in total. The first-order valence-corrected chi connectivity index (χ1v) is 7.25. The van der Waals surface area contributed by atoms with Crippen LogP contribution in [0.1, 0.15) is 32.4 Å². The van der Waals surface area contributed by atoms with Gasteiger partial charge in [0.25, 0.3) is 0 Å². The van der Waals surface area contributed by atoms with Crippen LogP contribution in [0.3, 0.4) is 0 Å². The van der Waals surface area contributed by atoms with E-state index in [1.165, 1.54) is 6.07 Å². The topological polar surface area (TPSA) is 41.0 Å². The fourth-order valence-electron chi connectivity index (χ4n) is 2.53. The van der Waals surface area contributed by atoms with Gasteiger partial charge >= 0.3 is 6.18 Å². The van der Waals surface area contributed by atoms with E-state index in [1.807, 2.05) is 4.90 Å². The monoisotopic (exact) mass is 302 g/mol. The highest BCUT2D eigenvalue weighted by molar-refractivity contribution is 5.38. The predicted octanol–water partition coefficient (Wildman–Crippen LogP) is 2.71. The summed E-state index contributed by atoms with van der Waals surface area (Å²) in [5.41, 5.74) is -0.949. The summed E-state index contributed by atoms with van der Waals surface area (Å²) in [6.07, 6.45) is -2.22. The van der Waals surface area contributed by atoms with Gasteiger partial charge in [0, 0.05) is 19.1 Å². The predicted molar refractivity (Wildman–Crippen MR) is 75.1 cm³/mol. The van der Waals surface area contributed by atoms with Crippen molar-refractivity contribution in [2.45, 2.75) is 38.9 Å². The van der Waals surface area contributed by atoms with Crippen molar-refractivity contribution in [3.63, 3.8) is 0 Å². The van der Waals surface area contributed by atoms with Crippen LogP contribution in [0, 0.1) is 5.92 Å². The molecular weight excluding hydrogens is 281 g/mol. The Morgan fingerprint density at radius 3 is 2.57 bits per heavy atom. The Kier molecular flexibility index (Phi) is 5.03. The molecule has 0 spiro atoms. The zero-order chi connectivity index (χ0) is 15.5. The second-order valence-electron chi connectivity index (χ2n) is 5.87. The fourth-order valence-corrected chi connectivity index (χ4v) is 2.53. The van der Waals surface area contributed by atoms with Crippen molar-refractivity contribution < 1.29 is 13.2 Å². The molecule has 1 aliphatic heterocycles. The summed E-state index contributed by atoms with van der Waals surface area (Å²) in [7, 11) is 0. The van der Waals surface area contributed by atoms with Crippen LogP contribution < -0.4 is 10.2 Å². The van der Waals surface area contributed by atoms with Gasteiger partial charge in [0.15, 0.2) is 11.5 Å². The molecule has 1 atom stereocenters. The lowest BCUT2D eigenvalue weighted by atomic mass is 10.1. The van der Waals surface area contributed by atoms with Crippen LogP contribution in [0.2, 0.25) is 0 Å². The third kappa shape index (κ3) is 4.56. The summed E-state index contributed by atoms with van der Waals surface area (Å²) >= 11 is 0. The molecule has 1 aromatic heterocycles. The van der Waals surface area contributed by atoms with E-state index in [0.717, 1.165) is 38.5 Å². The van der Waals surface area contributed by atoms with Gasteiger partial charge < -0.3 is 10.2 Å². The average Bonchev–Trinajstić information content (AvgIpc) is 2.89. The first-order valence-electron chi connectivity index (χ1n) is 7.25. The average molecular weight is 302 g/mol. The maximum Gasteiger partial charge on any atom is 0.435 e. The maximum absolute atomic E-state index is 12.5. The molecule has 7 heteroatoms. The second-order valence-corrected chi connectivity index (χ2v) is 5.87. The van der Waals surface area contributed by atoms with E-state index in [1.54, 1.807) is 0 Å². The summed E-state index contributed by atoms with van der Waals surface area (Å²) < 4.78 is 37.6. The van der Waals surface area contributed by atoms with E-state index in [-0.39, 0.29) is 0 Å². The number of nitrogens with zero attached hydrogens (tertiary/aromatic N) is 3. The molecule has 2 heterocycles. The van der Waals surface area contributed by atoms with Crippen LogP contribution in [0.25, 0.3) is 0 Å². The first-order chi connectivity index (χ1) is 9.86. The summed E-state index contributed by atoms with van der Waals surface area (Å²) in [5.74, 6) is 0.904. The van der Waals surface area contributed by atoms with Crippen LogP contribution >= 0.6 is 0 Å². The minimum atomic E-state index is -4.44. The molecule has 1 fully saturated rings. The van der Waals surface area contributed by atoms with Crippen molar-refractivity contribution in [2.75, 3.05) is 24.5 Å². The summed E-state index contributed by atoms with van der Waals surface area (Å²) in [6.45, 7) is 6.65. The second kappa shape index (κ2) is 6.60. The molecule has 1 saturated heterocycles. The van der Waals surface area contributed by atoms with Crippen molar-refractivity contribution >= 4 is 5.82 Å². The van der Waals surface area contributed by atoms with E-state index in [2.05, 4.69) is 29.4 Å². The Labute approximate surface area is 122 Å². The van der Waals surface area contributed by atoms with E-state index in [9.17, 15) is 13.2 Å². The van der Waals surface area contributed by atoms with Crippen LogP contribution in [0.4, 0.5) is 19.0 Å². The maximum atomic E-state index is 12.5. The number of anilines is 1. The molecule has 0 aromatic carbocycles. The van der Waals surface area contributed by atoms with Gasteiger partial charge in [-0.1, -0.05) is 13.8 Å². The number of hydrogen-bond donors (Lipinski definition) is 1. The number of nitrogens with one attached hydrogen (secondary N) is 1. The molecule has 0 amide bonds. The van der Waals surface area contributed by atoms with E-state index >= 15 is 0 Å². The van der Waals surface area contributed by atoms with E-state index < -0.39 is 11.9 Å². The number of hydrogen-bond acceptors (Lipinski definition) is 4.